The number of anilines is 1. The first-order valence-corrected chi connectivity index (χ1v) is 8.53. The highest BCUT2D eigenvalue weighted by molar-refractivity contribution is 7.93. The number of aromatic nitrogens is 2. The van der Waals surface area contributed by atoms with Crippen LogP contribution in [-0.2, 0) is 23.6 Å². The van der Waals surface area contributed by atoms with E-state index in [0.717, 1.165) is 11.4 Å². The maximum atomic E-state index is 12.3. The number of nitrogens with zero attached hydrogens (tertiary/aromatic N) is 2. The zero-order valence-corrected chi connectivity index (χ0v) is 13.3. The van der Waals surface area contributed by atoms with Crippen molar-refractivity contribution in [3.63, 3.8) is 0 Å². The van der Waals surface area contributed by atoms with E-state index >= 15 is 0 Å². The molecule has 0 bridgehead atoms. The summed E-state index contributed by atoms with van der Waals surface area (Å²) in [5, 5.41) is 2.24. The van der Waals surface area contributed by atoms with Gasteiger partial charge >= 0.3 is 0 Å². The van der Waals surface area contributed by atoms with Crippen LogP contribution in [0.4, 0.5) is 5.13 Å². The number of nitrogens with one attached hydrogen (secondary N) is 1. The molecule has 0 atom stereocenters. The van der Waals surface area contributed by atoms with E-state index < -0.39 is 10.0 Å². The molecule has 0 spiro atoms. The Hall–Kier alpha value is -1.38. The summed E-state index contributed by atoms with van der Waals surface area (Å²) in [6, 6.07) is 1.57. The van der Waals surface area contributed by atoms with E-state index in [4.69, 9.17) is 5.73 Å². The largest absolute Gasteiger partial charge is 0.352 e. The van der Waals surface area contributed by atoms with Crippen LogP contribution in [0.2, 0.25) is 0 Å². The summed E-state index contributed by atoms with van der Waals surface area (Å²) in [5.74, 6) is 0.269. The van der Waals surface area contributed by atoms with Gasteiger partial charge in [0.15, 0.2) is 5.13 Å². The Morgan fingerprint density at radius 1 is 1.50 bits per heavy atom. The maximum Gasteiger partial charge on any atom is 0.265 e. The van der Waals surface area contributed by atoms with Crippen LogP contribution < -0.4 is 10.5 Å². The highest BCUT2D eigenvalue weighted by Crippen LogP contribution is 2.24. The van der Waals surface area contributed by atoms with E-state index in [2.05, 4.69) is 9.71 Å². The maximum absolute atomic E-state index is 12.3. The fourth-order valence-electron chi connectivity index (χ4n) is 1.70. The fourth-order valence-corrected chi connectivity index (χ4v) is 3.92. The van der Waals surface area contributed by atoms with Crippen LogP contribution in [0.3, 0.4) is 0 Å². The molecule has 0 saturated heterocycles. The quantitative estimate of drug-likeness (QED) is 0.881. The first-order valence-electron chi connectivity index (χ1n) is 6.17. The number of thiazole rings is 1. The second-order valence-corrected chi connectivity index (χ2v) is 7.36. The molecule has 2 aromatic rings. The van der Waals surface area contributed by atoms with Gasteiger partial charge in [0.1, 0.15) is 4.90 Å². The number of sulfonamides is 1. The highest BCUT2D eigenvalue weighted by atomic mass is 32.2. The summed E-state index contributed by atoms with van der Waals surface area (Å²) in [7, 11) is -1.85. The van der Waals surface area contributed by atoms with Gasteiger partial charge in [0.2, 0.25) is 0 Å². The van der Waals surface area contributed by atoms with Crippen molar-refractivity contribution in [2.24, 2.45) is 12.8 Å². The van der Waals surface area contributed by atoms with E-state index in [-0.39, 0.29) is 10.8 Å². The topological polar surface area (TPSA) is 90.0 Å². The van der Waals surface area contributed by atoms with Crippen molar-refractivity contribution in [1.29, 1.82) is 0 Å². The number of aryl methyl sites for hydroxylation is 1. The van der Waals surface area contributed by atoms with Crippen LogP contribution in [0.5, 0.6) is 0 Å². The van der Waals surface area contributed by atoms with Gasteiger partial charge in [-0.3, -0.25) is 4.72 Å². The lowest BCUT2D eigenvalue weighted by molar-refractivity contribution is 0.601. The van der Waals surface area contributed by atoms with Crippen LogP contribution >= 0.6 is 11.3 Å². The van der Waals surface area contributed by atoms with Crippen molar-refractivity contribution in [3.8, 4) is 0 Å². The van der Waals surface area contributed by atoms with Gasteiger partial charge < -0.3 is 10.3 Å². The lowest BCUT2D eigenvalue weighted by Gasteiger charge is -2.02. The van der Waals surface area contributed by atoms with Crippen LogP contribution in [0.1, 0.15) is 31.2 Å². The third-order valence-corrected chi connectivity index (χ3v) is 5.15. The third kappa shape index (κ3) is 3.02. The molecule has 0 unspecified atom stereocenters. The van der Waals surface area contributed by atoms with E-state index in [1.54, 1.807) is 23.9 Å². The molecule has 0 aromatic carbocycles. The summed E-state index contributed by atoms with van der Waals surface area (Å²) in [4.78, 5) is 4.46. The number of rotatable bonds is 5. The Labute approximate surface area is 122 Å². The Morgan fingerprint density at radius 2 is 2.20 bits per heavy atom. The Bertz CT molecular complexity index is 701. The van der Waals surface area contributed by atoms with E-state index in [0.29, 0.717) is 11.7 Å². The molecule has 8 heteroatoms. The van der Waals surface area contributed by atoms with E-state index in [1.165, 1.54) is 11.3 Å². The van der Waals surface area contributed by atoms with Crippen molar-refractivity contribution < 1.29 is 8.42 Å². The summed E-state index contributed by atoms with van der Waals surface area (Å²) in [6.07, 6.45) is 1.54. The molecule has 0 fully saturated rings. The molecule has 3 N–H and O–H groups in total. The standard InChI is InChI=1S/C12H18N4O2S2/c1-8(2)11-7-19-12(14-11)15-20(17,18)10-4-9(5-13)16(3)6-10/h4,6-8H,5,13H2,1-3H3,(H,14,15). The Balaban J connectivity index is 2.25. The first-order chi connectivity index (χ1) is 9.33. The van der Waals surface area contributed by atoms with Crippen molar-refractivity contribution in [1.82, 2.24) is 9.55 Å². The van der Waals surface area contributed by atoms with E-state index in [1.807, 2.05) is 19.2 Å². The molecule has 0 aliphatic carbocycles. The van der Waals surface area contributed by atoms with Crippen molar-refractivity contribution in [3.05, 3.63) is 29.0 Å². The van der Waals surface area contributed by atoms with Crippen molar-refractivity contribution in [2.75, 3.05) is 4.72 Å². The molecule has 0 radical (unpaired) electrons. The van der Waals surface area contributed by atoms with Gasteiger partial charge in [0.05, 0.1) is 5.69 Å². The number of hydrogen-bond acceptors (Lipinski definition) is 5. The van der Waals surface area contributed by atoms with Gasteiger partial charge in [0, 0.05) is 30.9 Å². The van der Waals surface area contributed by atoms with Gasteiger partial charge in [-0.15, -0.1) is 11.3 Å². The summed E-state index contributed by atoms with van der Waals surface area (Å²) in [6.45, 7) is 4.32. The SMILES string of the molecule is CC(C)c1csc(NS(=O)(=O)c2cc(CN)n(C)c2)n1. The molecule has 110 valence electrons. The minimum Gasteiger partial charge on any atom is -0.352 e. The average molecular weight is 314 g/mol. The lowest BCUT2D eigenvalue weighted by Crippen LogP contribution is -2.12. The average Bonchev–Trinajstić information content (AvgIpc) is 2.95. The van der Waals surface area contributed by atoms with Gasteiger partial charge in [-0.2, -0.15) is 0 Å². The summed E-state index contributed by atoms with van der Waals surface area (Å²) < 4.78 is 28.7. The summed E-state index contributed by atoms with van der Waals surface area (Å²) in [5.41, 5.74) is 7.19. The molecule has 0 aliphatic heterocycles. The molecule has 2 aromatic heterocycles. The number of hydrogen-bond donors (Lipinski definition) is 2. The highest BCUT2D eigenvalue weighted by Gasteiger charge is 2.19. The van der Waals surface area contributed by atoms with Crippen LogP contribution in [0.25, 0.3) is 0 Å². The molecule has 2 rings (SSSR count). The minimum atomic E-state index is -3.62. The van der Waals surface area contributed by atoms with Crippen LogP contribution in [0.15, 0.2) is 22.5 Å². The normalized spacial score (nSPS) is 12.1. The minimum absolute atomic E-state index is 0.196. The fraction of sp³-hybridized carbons (Fsp3) is 0.417. The smallest absolute Gasteiger partial charge is 0.265 e. The van der Waals surface area contributed by atoms with Crippen LogP contribution in [-0.4, -0.2) is 18.0 Å². The van der Waals surface area contributed by atoms with Gasteiger partial charge in [-0.05, 0) is 12.0 Å². The molecule has 0 amide bonds. The first kappa shape index (κ1) is 15.0. The predicted molar refractivity (Wildman–Crippen MR) is 80.3 cm³/mol. The molecule has 2 heterocycles. The monoisotopic (exact) mass is 314 g/mol. The Kier molecular flexibility index (Phi) is 4.17. The van der Waals surface area contributed by atoms with Gasteiger partial charge in [0.25, 0.3) is 10.0 Å². The molecule has 0 saturated carbocycles. The second kappa shape index (κ2) is 5.55. The van der Waals surface area contributed by atoms with Gasteiger partial charge in [-0.25, -0.2) is 13.4 Å². The molecule has 6 nitrogen and oxygen atoms in total. The van der Waals surface area contributed by atoms with Crippen LogP contribution in [0, 0.1) is 0 Å². The summed E-state index contributed by atoms with van der Waals surface area (Å²) >= 11 is 1.28. The predicted octanol–water partition coefficient (Wildman–Crippen LogP) is 1.86. The van der Waals surface area contributed by atoms with E-state index in [9.17, 15) is 8.42 Å². The third-order valence-electron chi connectivity index (χ3n) is 2.94. The number of nitrogens with two attached hydrogens (primary N) is 1. The molecule has 0 aliphatic rings. The lowest BCUT2D eigenvalue weighted by atomic mass is 10.2. The molecular weight excluding hydrogens is 296 g/mol. The zero-order chi connectivity index (χ0) is 14.9. The van der Waals surface area contributed by atoms with Crippen molar-refractivity contribution >= 4 is 26.5 Å². The molecular formula is C12H18N4O2S2. The second-order valence-electron chi connectivity index (χ2n) is 4.82. The Morgan fingerprint density at radius 3 is 2.70 bits per heavy atom. The zero-order valence-electron chi connectivity index (χ0n) is 11.6. The molecule has 20 heavy (non-hydrogen) atoms. The van der Waals surface area contributed by atoms with Gasteiger partial charge in [-0.1, -0.05) is 13.8 Å². The van der Waals surface area contributed by atoms with Crippen molar-refractivity contribution in [2.45, 2.75) is 31.2 Å².